The van der Waals surface area contributed by atoms with Crippen molar-refractivity contribution in [2.45, 2.75) is 49.1 Å². The molecule has 0 aliphatic heterocycles. The lowest BCUT2D eigenvalue weighted by Gasteiger charge is -2.33. The largest absolute Gasteiger partial charge is 0.391 e. The van der Waals surface area contributed by atoms with Gasteiger partial charge in [-0.15, -0.1) is 0 Å². The van der Waals surface area contributed by atoms with E-state index in [2.05, 4.69) is 14.8 Å². The molecule has 0 bridgehead atoms. The number of hydrogen-bond acceptors (Lipinski definition) is 5. The van der Waals surface area contributed by atoms with Crippen LogP contribution in [0.1, 0.15) is 36.8 Å². The zero-order chi connectivity index (χ0) is 21.3. The fourth-order valence-electron chi connectivity index (χ4n) is 3.85. The van der Waals surface area contributed by atoms with E-state index in [0.29, 0.717) is 25.1 Å². The molecule has 1 heterocycles. The summed E-state index contributed by atoms with van der Waals surface area (Å²) in [5.41, 5.74) is 0.877. The van der Waals surface area contributed by atoms with Gasteiger partial charge in [-0.3, -0.25) is 0 Å². The second-order valence-corrected chi connectivity index (χ2v) is 9.24. The number of aliphatic hydroxyl groups is 1. The van der Waals surface area contributed by atoms with Crippen molar-refractivity contribution in [2.24, 2.45) is 0 Å². The monoisotopic (exact) mass is 430 g/mol. The molecule has 0 spiro atoms. The van der Waals surface area contributed by atoms with Gasteiger partial charge in [-0.2, -0.15) is 5.10 Å². The maximum absolute atomic E-state index is 13.1. The first kappa shape index (κ1) is 20.6. The van der Waals surface area contributed by atoms with E-state index in [1.54, 1.807) is 4.68 Å². The highest BCUT2D eigenvalue weighted by molar-refractivity contribution is 7.89. The Labute approximate surface area is 174 Å². The number of nitrogens with zero attached hydrogens (tertiary/aromatic N) is 3. The van der Waals surface area contributed by atoms with Gasteiger partial charge in [-0.05, 0) is 62.6 Å². The Morgan fingerprint density at radius 1 is 1.10 bits per heavy atom. The van der Waals surface area contributed by atoms with Gasteiger partial charge < -0.3 is 5.11 Å². The summed E-state index contributed by atoms with van der Waals surface area (Å²) in [6, 6.07) is 13.6. The van der Waals surface area contributed by atoms with Crippen LogP contribution < -0.4 is 4.72 Å². The minimum atomic E-state index is -3.89. The van der Waals surface area contributed by atoms with Crippen molar-refractivity contribution in [3.63, 3.8) is 0 Å². The summed E-state index contributed by atoms with van der Waals surface area (Å²) in [5.74, 6) is 0.790. The number of aliphatic hydroxyl groups excluding tert-OH is 1. The highest BCUT2D eigenvalue weighted by Crippen LogP contribution is 2.34. The van der Waals surface area contributed by atoms with E-state index >= 15 is 0 Å². The fraction of sp³-hybridized carbons (Fsp3) is 0.333. The Bertz CT molecular complexity index is 1120. The van der Waals surface area contributed by atoms with E-state index in [1.165, 1.54) is 12.1 Å². The number of benzene rings is 2. The molecule has 3 aromatic rings. The summed E-state index contributed by atoms with van der Waals surface area (Å²) in [6.07, 6.45) is 0.667. The number of hydrogen-bond donors (Lipinski definition) is 2. The molecule has 0 amide bonds. The van der Waals surface area contributed by atoms with Gasteiger partial charge in [0, 0.05) is 12.0 Å². The van der Waals surface area contributed by atoms with Gasteiger partial charge in [0.1, 0.15) is 17.5 Å². The SMILES string of the molecule is Cc1nc([C@H]2CC[C@@H](O)[C@H](NS(=O)(=O)c3ccc(F)cc3)C2)n(-c2ccccc2)n1. The predicted molar refractivity (Wildman–Crippen MR) is 109 cm³/mol. The fourth-order valence-corrected chi connectivity index (χ4v) is 5.13. The number of rotatable bonds is 5. The van der Waals surface area contributed by atoms with Crippen molar-refractivity contribution in [2.75, 3.05) is 0 Å². The summed E-state index contributed by atoms with van der Waals surface area (Å²) in [5, 5.41) is 14.9. The van der Waals surface area contributed by atoms with Crippen LogP contribution in [0.5, 0.6) is 0 Å². The first-order valence-electron chi connectivity index (χ1n) is 9.78. The number of aryl methyl sites for hydroxylation is 1. The summed E-state index contributed by atoms with van der Waals surface area (Å²) >= 11 is 0. The Kier molecular flexibility index (Phi) is 5.68. The molecular weight excluding hydrogens is 407 g/mol. The highest BCUT2D eigenvalue weighted by atomic mass is 32.2. The Morgan fingerprint density at radius 3 is 2.50 bits per heavy atom. The Balaban J connectivity index is 1.58. The third-order valence-electron chi connectivity index (χ3n) is 5.35. The number of aromatic nitrogens is 3. The maximum Gasteiger partial charge on any atom is 0.240 e. The van der Waals surface area contributed by atoms with Crippen LogP contribution in [0, 0.1) is 12.7 Å². The van der Waals surface area contributed by atoms with E-state index in [9.17, 15) is 17.9 Å². The summed E-state index contributed by atoms with van der Waals surface area (Å²) in [6.45, 7) is 1.81. The van der Waals surface area contributed by atoms with Crippen molar-refractivity contribution < 1.29 is 17.9 Å². The second-order valence-electron chi connectivity index (χ2n) is 7.52. The van der Waals surface area contributed by atoms with Crippen LogP contribution in [0.4, 0.5) is 4.39 Å². The minimum Gasteiger partial charge on any atom is -0.391 e. The maximum atomic E-state index is 13.1. The molecule has 2 aromatic carbocycles. The first-order chi connectivity index (χ1) is 14.3. The molecule has 0 radical (unpaired) electrons. The van der Waals surface area contributed by atoms with Crippen LogP contribution >= 0.6 is 0 Å². The summed E-state index contributed by atoms with van der Waals surface area (Å²) < 4.78 is 42.9. The van der Waals surface area contributed by atoms with Crippen molar-refractivity contribution in [3.05, 3.63) is 72.1 Å². The van der Waals surface area contributed by atoms with Crippen molar-refractivity contribution in [1.29, 1.82) is 0 Å². The second kappa shape index (κ2) is 8.25. The van der Waals surface area contributed by atoms with Gasteiger partial charge in [0.2, 0.25) is 10.0 Å². The van der Waals surface area contributed by atoms with Crippen LogP contribution in [0.15, 0.2) is 59.5 Å². The molecule has 0 unspecified atom stereocenters. The van der Waals surface area contributed by atoms with Gasteiger partial charge in [0.15, 0.2) is 0 Å². The molecule has 3 atom stereocenters. The molecule has 4 rings (SSSR count). The number of sulfonamides is 1. The van der Waals surface area contributed by atoms with Crippen LogP contribution in [0.3, 0.4) is 0 Å². The number of halogens is 1. The molecule has 1 aliphatic carbocycles. The number of para-hydroxylation sites is 1. The topological polar surface area (TPSA) is 97.1 Å². The van der Waals surface area contributed by atoms with Crippen LogP contribution in [0.2, 0.25) is 0 Å². The molecule has 1 aliphatic rings. The van der Waals surface area contributed by atoms with Gasteiger partial charge in [-0.1, -0.05) is 18.2 Å². The molecule has 1 saturated carbocycles. The van der Waals surface area contributed by atoms with Gasteiger partial charge in [0.05, 0.1) is 16.7 Å². The molecule has 2 N–H and O–H groups in total. The summed E-state index contributed by atoms with van der Waals surface area (Å²) in [4.78, 5) is 4.55. The van der Waals surface area contributed by atoms with E-state index < -0.39 is 28.0 Å². The minimum absolute atomic E-state index is 0.0403. The van der Waals surface area contributed by atoms with Crippen molar-refractivity contribution in [1.82, 2.24) is 19.5 Å². The van der Waals surface area contributed by atoms with E-state index in [1.807, 2.05) is 37.3 Å². The van der Waals surface area contributed by atoms with E-state index in [0.717, 1.165) is 23.6 Å². The predicted octanol–water partition coefficient (Wildman–Crippen LogP) is 2.69. The zero-order valence-electron chi connectivity index (χ0n) is 16.4. The zero-order valence-corrected chi connectivity index (χ0v) is 17.3. The molecule has 1 aromatic heterocycles. The van der Waals surface area contributed by atoms with Gasteiger partial charge in [0.25, 0.3) is 0 Å². The number of nitrogens with one attached hydrogen (secondary N) is 1. The van der Waals surface area contributed by atoms with Crippen LogP contribution in [0.25, 0.3) is 5.69 Å². The quantitative estimate of drug-likeness (QED) is 0.649. The lowest BCUT2D eigenvalue weighted by Crippen LogP contribution is -2.46. The molecule has 7 nitrogen and oxygen atoms in total. The lowest BCUT2D eigenvalue weighted by molar-refractivity contribution is 0.0918. The molecule has 0 saturated heterocycles. The van der Waals surface area contributed by atoms with Crippen molar-refractivity contribution >= 4 is 10.0 Å². The highest BCUT2D eigenvalue weighted by Gasteiger charge is 2.35. The smallest absolute Gasteiger partial charge is 0.240 e. The molecular formula is C21H23FN4O3S. The Hall–Kier alpha value is -2.62. The molecule has 158 valence electrons. The normalized spacial score (nSPS) is 22.2. The lowest BCUT2D eigenvalue weighted by atomic mass is 9.83. The molecule has 30 heavy (non-hydrogen) atoms. The van der Waals surface area contributed by atoms with Crippen LogP contribution in [-0.2, 0) is 10.0 Å². The molecule has 9 heteroatoms. The standard InChI is InChI=1S/C21H23FN4O3S/c1-14-23-21(26(24-14)17-5-3-2-4-6-17)15-7-12-20(27)19(13-15)25-30(28,29)18-10-8-16(22)9-11-18/h2-6,8-11,15,19-20,25,27H,7,12-13H2,1H3/t15-,19+,20+/m0/s1. The van der Waals surface area contributed by atoms with Gasteiger partial charge >= 0.3 is 0 Å². The third kappa shape index (κ3) is 4.28. The average Bonchev–Trinajstić information content (AvgIpc) is 3.12. The van der Waals surface area contributed by atoms with Crippen molar-refractivity contribution in [3.8, 4) is 5.69 Å². The third-order valence-corrected chi connectivity index (χ3v) is 6.85. The van der Waals surface area contributed by atoms with Crippen LogP contribution in [-0.4, -0.2) is 40.4 Å². The van der Waals surface area contributed by atoms with E-state index in [4.69, 9.17) is 0 Å². The Morgan fingerprint density at radius 2 is 1.80 bits per heavy atom. The van der Waals surface area contributed by atoms with Gasteiger partial charge in [-0.25, -0.2) is 27.2 Å². The summed E-state index contributed by atoms with van der Waals surface area (Å²) in [7, 11) is -3.89. The first-order valence-corrected chi connectivity index (χ1v) is 11.3. The average molecular weight is 431 g/mol. The molecule has 1 fully saturated rings. The van der Waals surface area contributed by atoms with E-state index in [-0.39, 0.29) is 10.8 Å².